The standard InChI is InChI=1S/C16H24N2O2/c1-3-4-8-11-17-16(20)18-13(2)15(19)12-14-9-6-5-7-10-14/h3-7,9-10,13,15,19H,8,11-12H2,1-2H3,(H2,17,18,20)/b4-3+. The third-order valence-corrected chi connectivity index (χ3v) is 3.06. The monoisotopic (exact) mass is 276 g/mol. The zero-order chi connectivity index (χ0) is 14.8. The highest BCUT2D eigenvalue weighted by molar-refractivity contribution is 5.74. The summed E-state index contributed by atoms with van der Waals surface area (Å²) in [4.78, 5) is 11.6. The van der Waals surface area contributed by atoms with Crippen LogP contribution in [-0.2, 0) is 6.42 Å². The molecule has 20 heavy (non-hydrogen) atoms. The van der Waals surface area contributed by atoms with Crippen molar-refractivity contribution < 1.29 is 9.90 Å². The number of nitrogens with one attached hydrogen (secondary N) is 2. The Hall–Kier alpha value is -1.81. The van der Waals surface area contributed by atoms with Crippen LogP contribution in [0.2, 0.25) is 0 Å². The van der Waals surface area contributed by atoms with E-state index in [0.29, 0.717) is 13.0 Å². The number of amides is 2. The maximum atomic E-state index is 11.6. The summed E-state index contributed by atoms with van der Waals surface area (Å²) in [6, 6.07) is 9.21. The van der Waals surface area contributed by atoms with Crippen LogP contribution in [0.5, 0.6) is 0 Å². The molecule has 1 aromatic rings. The van der Waals surface area contributed by atoms with Crippen molar-refractivity contribution in [3.63, 3.8) is 0 Å². The van der Waals surface area contributed by atoms with E-state index in [-0.39, 0.29) is 12.1 Å². The van der Waals surface area contributed by atoms with Crippen molar-refractivity contribution in [3.8, 4) is 0 Å². The normalized spacial score (nSPS) is 13.9. The van der Waals surface area contributed by atoms with E-state index in [4.69, 9.17) is 0 Å². The van der Waals surface area contributed by atoms with Crippen LogP contribution < -0.4 is 10.6 Å². The van der Waals surface area contributed by atoms with Crippen molar-refractivity contribution >= 4 is 6.03 Å². The van der Waals surface area contributed by atoms with Gasteiger partial charge in [0.1, 0.15) is 0 Å². The largest absolute Gasteiger partial charge is 0.391 e. The van der Waals surface area contributed by atoms with Crippen molar-refractivity contribution in [1.82, 2.24) is 10.6 Å². The van der Waals surface area contributed by atoms with Crippen LogP contribution in [0, 0.1) is 0 Å². The van der Waals surface area contributed by atoms with Gasteiger partial charge in [-0.15, -0.1) is 0 Å². The first-order valence-corrected chi connectivity index (χ1v) is 7.01. The summed E-state index contributed by atoms with van der Waals surface area (Å²) in [5, 5.41) is 15.6. The predicted octanol–water partition coefficient (Wildman–Crippen LogP) is 2.24. The van der Waals surface area contributed by atoms with E-state index in [1.807, 2.05) is 49.4 Å². The maximum absolute atomic E-state index is 11.6. The Kier molecular flexibility index (Phi) is 7.43. The van der Waals surface area contributed by atoms with Gasteiger partial charge in [0.2, 0.25) is 0 Å². The van der Waals surface area contributed by atoms with E-state index in [1.165, 1.54) is 0 Å². The Labute approximate surface area is 120 Å². The lowest BCUT2D eigenvalue weighted by molar-refractivity contribution is 0.136. The summed E-state index contributed by atoms with van der Waals surface area (Å²) >= 11 is 0. The summed E-state index contributed by atoms with van der Waals surface area (Å²) in [5.74, 6) is 0. The first kappa shape index (κ1) is 16.2. The molecule has 1 aromatic carbocycles. The lowest BCUT2D eigenvalue weighted by Crippen LogP contribution is -2.46. The third kappa shape index (κ3) is 6.38. The number of allylic oxidation sites excluding steroid dienone is 1. The van der Waals surface area contributed by atoms with Gasteiger partial charge in [0, 0.05) is 13.0 Å². The molecule has 110 valence electrons. The van der Waals surface area contributed by atoms with Gasteiger partial charge >= 0.3 is 6.03 Å². The van der Waals surface area contributed by atoms with Crippen LogP contribution in [0.1, 0.15) is 25.8 Å². The molecule has 3 N–H and O–H groups in total. The summed E-state index contributed by atoms with van der Waals surface area (Å²) < 4.78 is 0. The van der Waals surface area contributed by atoms with Gasteiger partial charge < -0.3 is 15.7 Å². The molecule has 2 amide bonds. The number of aliphatic hydroxyl groups is 1. The molecule has 2 atom stereocenters. The number of urea groups is 1. The van der Waals surface area contributed by atoms with Gasteiger partial charge in [-0.1, -0.05) is 42.5 Å². The highest BCUT2D eigenvalue weighted by atomic mass is 16.3. The molecule has 0 spiro atoms. The van der Waals surface area contributed by atoms with Crippen LogP contribution in [0.15, 0.2) is 42.5 Å². The second kappa shape index (κ2) is 9.15. The molecule has 0 radical (unpaired) electrons. The molecule has 0 heterocycles. The topological polar surface area (TPSA) is 61.4 Å². The Bertz CT molecular complexity index is 418. The van der Waals surface area contributed by atoms with Crippen molar-refractivity contribution in [2.24, 2.45) is 0 Å². The number of carbonyl (C=O) groups excluding carboxylic acids is 1. The first-order valence-electron chi connectivity index (χ1n) is 7.01. The second-order valence-corrected chi connectivity index (χ2v) is 4.80. The second-order valence-electron chi connectivity index (χ2n) is 4.80. The van der Waals surface area contributed by atoms with Gasteiger partial charge in [0.25, 0.3) is 0 Å². The number of benzene rings is 1. The van der Waals surface area contributed by atoms with Gasteiger partial charge in [0.05, 0.1) is 12.1 Å². The van der Waals surface area contributed by atoms with Crippen molar-refractivity contribution in [2.45, 2.75) is 38.8 Å². The Morgan fingerprint density at radius 2 is 2.05 bits per heavy atom. The summed E-state index contributed by atoms with van der Waals surface area (Å²) in [6.07, 6.45) is 4.68. The first-order chi connectivity index (χ1) is 9.63. The minimum absolute atomic E-state index is 0.242. The molecule has 4 heteroatoms. The molecule has 0 saturated heterocycles. The summed E-state index contributed by atoms with van der Waals surface area (Å²) in [7, 11) is 0. The van der Waals surface area contributed by atoms with Crippen LogP contribution in [0.4, 0.5) is 4.79 Å². The smallest absolute Gasteiger partial charge is 0.315 e. The average Bonchev–Trinajstić information content (AvgIpc) is 2.44. The zero-order valence-electron chi connectivity index (χ0n) is 12.2. The number of hydrogen-bond acceptors (Lipinski definition) is 2. The molecule has 0 aliphatic rings. The van der Waals surface area contributed by atoms with Crippen LogP contribution in [0.25, 0.3) is 0 Å². The molecule has 0 saturated carbocycles. The van der Waals surface area contributed by atoms with Gasteiger partial charge in [-0.3, -0.25) is 0 Å². The molecule has 0 aromatic heterocycles. The third-order valence-electron chi connectivity index (χ3n) is 3.06. The zero-order valence-corrected chi connectivity index (χ0v) is 12.2. The van der Waals surface area contributed by atoms with Crippen LogP contribution in [-0.4, -0.2) is 29.8 Å². The fourth-order valence-corrected chi connectivity index (χ4v) is 1.82. The minimum Gasteiger partial charge on any atom is -0.391 e. The summed E-state index contributed by atoms with van der Waals surface area (Å²) in [5.41, 5.74) is 1.06. The average molecular weight is 276 g/mol. The van der Waals surface area contributed by atoms with Crippen molar-refractivity contribution in [2.75, 3.05) is 6.54 Å². The van der Waals surface area contributed by atoms with E-state index in [2.05, 4.69) is 10.6 Å². The minimum atomic E-state index is -0.598. The molecule has 0 aliphatic heterocycles. The molecular formula is C16H24N2O2. The quantitative estimate of drug-likeness (QED) is 0.528. The number of carbonyl (C=O) groups is 1. The molecule has 4 nitrogen and oxygen atoms in total. The SMILES string of the molecule is C/C=C/CCNC(=O)NC(C)C(O)Cc1ccccc1. The maximum Gasteiger partial charge on any atom is 0.315 e. The number of aliphatic hydroxyl groups excluding tert-OH is 1. The van der Waals surface area contributed by atoms with Crippen molar-refractivity contribution in [1.29, 1.82) is 0 Å². The molecular weight excluding hydrogens is 252 g/mol. The molecule has 0 fully saturated rings. The molecule has 2 unspecified atom stereocenters. The Morgan fingerprint density at radius 1 is 1.35 bits per heavy atom. The van der Waals surface area contributed by atoms with Gasteiger partial charge in [-0.25, -0.2) is 4.79 Å². The Morgan fingerprint density at radius 3 is 2.70 bits per heavy atom. The van der Waals surface area contributed by atoms with Gasteiger partial charge in [-0.05, 0) is 25.8 Å². The van der Waals surface area contributed by atoms with Gasteiger partial charge in [0.15, 0.2) is 0 Å². The lowest BCUT2D eigenvalue weighted by Gasteiger charge is -2.20. The van der Waals surface area contributed by atoms with E-state index in [0.717, 1.165) is 12.0 Å². The molecule has 0 bridgehead atoms. The highest BCUT2D eigenvalue weighted by Crippen LogP contribution is 2.05. The summed E-state index contributed by atoms with van der Waals surface area (Å²) in [6.45, 7) is 4.35. The van der Waals surface area contributed by atoms with Crippen molar-refractivity contribution in [3.05, 3.63) is 48.0 Å². The molecule has 0 aliphatic carbocycles. The number of rotatable bonds is 7. The Balaban J connectivity index is 2.30. The fourth-order valence-electron chi connectivity index (χ4n) is 1.82. The van der Waals surface area contributed by atoms with E-state index in [9.17, 15) is 9.90 Å². The fraction of sp³-hybridized carbons (Fsp3) is 0.438. The van der Waals surface area contributed by atoms with E-state index < -0.39 is 6.10 Å². The molecule has 1 rings (SSSR count). The number of hydrogen-bond donors (Lipinski definition) is 3. The van der Waals surface area contributed by atoms with Gasteiger partial charge in [-0.2, -0.15) is 0 Å². The van der Waals surface area contributed by atoms with Crippen LogP contribution >= 0.6 is 0 Å². The van der Waals surface area contributed by atoms with Crippen LogP contribution in [0.3, 0.4) is 0 Å². The van der Waals surface area contributed by atoms with E-state index >= 15 is 0 Å². The van der Waals surface area contributed by atoms with E-state index in [1.54, 1.807) is 6.92 Å². The lowest BCUT2D eigenvalue weighted by atomic mass is 10.0. The predicted molar refractivity (Wildman–Crippen MR) is 81.6 cm³/mol. The highest BCUT2D eigenvalue weighted by Gasteiger charge is 2.16.